The molecule has 0 spiro atoms. The van der Waals surface area contributed by atoms with E-state index in [-0.39, 0.29) is 5.82 Å². The number of hydrogen-bond donors (Lipinski definition) is 1. The van der Waals surface area contributed by atoms with Gasteiger partial charge in [-0.15, -0.1) is 5.10 Å². The summed E-state index contributed by atoms with van der Waals surface area (Å²) in [6.07, 6.45) is 0. The summed E-state index contributed by atoms with van der Waals surface area (Å²) in [6, 6.07) is 0. The molecule has 0 radical (unpaired) electrons. The number of nitrogens with two attached hydrogens (primary N) is 1. The summed E-state index contributed by atoms with van der Waals surface area (Å²) in [5.41, 5.74) is 5.93. The molecule has 0 aliphatic heterocycles. The number of rotatable bonds is 0. The standard InChI is InChI=1S/C4H2ClIN6/c5-1-2(6)12-4(3(7)8-1)9-10-11-12/h(H2,7,8). The lowest BCUT2D eigenvalue weighted by atomic mass is 10.6. The minimum absolute atomic E-state index is 0.227. The molecule has 2 heterocycles. The number of anilines is 1. The third kappa shape index (κ3) is 1.00. The summed E-state index contributed by atoms with van der Waals surface area (Å²) < 4.78 is 2.08. The SMILES string of the molecule is Nc1nc(Cl)c(I)n2nnnc12. The van der Waals surface area contributed by atoms with Gasteiger partial charge in [-0.2, -0.15) is 4.52 Å². The highest BCUT2D eigenvalue weighted by Crippen LogP contribution is 2.18. The molecule has 2 aromatic heterocycles. The third-order valence-corrected chi connectivity index (χ3v) is 2.82. The van der Waals surface area contributed by atoms with Crippen LogP contribution < -0.4 is 5.73 Å². The Morgan fingerprint density at radius 2 is 2.25 bits per heavy atom. The van der Waals surface area contributed by atoms with E-state index in [1.54, 1.807) is 0 Å². The largest absolute Gasteiger partial charge is 0.380 e. The second kappa shape index (κ2) is 2.66. The van der Waals surface area contributed by atoms with Crippen molar-refractivity contribution in [2.45, 2.75) is 0 Å². The van der Waals surface area contributed by atoms with E-state index in [1.165, 1.54) is 4.52 Å². The van der Waals surface area contributed by atoms with Crippen molar-refractivity contribution in [2.24, 2.45) is 0 Å². The number of nitrogen functional groups attached to an aromatic ring is 1. The zero-order chi connectivity index (χ0) is 8.72. The van der Waals surface area contributed by atoms with Gasteiger partial charge in [0.2, 0.25) is 5.65 Å². The molecule has 0 amide bonds. The van der Waals surface area contributed by atoms with Crippen molar-refractivity contribution in [3.8, 4) is 0 Å². The lowest BCUT2D eigenvalue weighted by molar-refractivity contribution is 0.807. The highest BCUT2D eigenvalue weighted by molar-refractivity contribution is 14.1. The molecule has 8 heteroatoms. The van der Waals surface area contributed by atoms with Crippen LogP contribution in [0.2, 0.25) is 5.15 Å². The molecule has 0 saturated carbocycles. The highest BCUT2D eigenvalue weighted by Gasteiger charge is 2.10. The summed E-state index contributed by atoms with van der Waals surface area (Å²) in [5.74, 6) is 0.227. The number of aromatic nitrogens is 5. The topological polar surface area (TPSA) is 82.0 Å². The van der Waals surface area contributed by atoms with Crippen LogP contribution in [0, 0.1) is 3.70 Å². The molecule has 2 aromatic rings. The van der Waals surface area contributed by atoms with Crippen LogP contribution in [0.1, 0.15) is 0 Å². The number of halogens is 2. The molecule has 0 atom stereocenters. The van der Waals surface area contributed by atoms with Gasteiger partial charge in [0, 0.05) is 0 Å². The molecule has 2 rings (SSSR count). The molecule has 0 unspecified atom stereocenters. The average Bonchev–Trinajstić information content (AvgIpc) is 2.48. The van der Waals surface area contributed by atoms with Crippen LogP contribution >= 0.6 is 34.2 Å². The monoisotopic (exact) mass is 296 g/mol. The van der Waals surface area contributed by atoms with Crippen molar-refractivity contribution in [3.05, 3.63) is 8.85 Å². The first kappa shape index (κ1) is 7.92. The van der Waals surface area contributed by atoms with E-state index in [0.717, 1.165) is 0 Å². The quantitative estimate of drug-likeness (QED) is 0.710. The van der Waals surface area contributed by atoms with E-state index >= 15 is 0 Å². The van der Waals surface area contributed by atoms with Gasteiger partial charge in [-0.3, -0.25) is 0 Å². The molecule has 0 fully saturated rings. The Labute approximate surface area is 85.2 Å². The first-order valence-electron chi connectivity index (χ1n) is 2.88. The lowest BCUT2D eigenvalue weighted by Crippen LogP contribution is -2.02. The van der Waals surface area contributed by atoms with Gasteiger partial charge in [-0.1, -0.05) is 11.6 Å². The van der Waals surface area contributed by atoms with Crippen molar-refractivity contribution in [3.63, 3.8) is 0 Å². The van der Waals surface area contributed by atoms with Crippen LogP contribution in [0.4, 0.5) is 5.82 Å². The van der Waals surface area contributed by atoms with Crippen molar-refractivity contribution in [1.82, 2.24) is 25.0 Å². The average molecular weight is 296 g/mol. The fourth-order valence-electron chi connectivity index (χ4n) is 0.768. The van der Waals surface area contributed by atoms with Crippen molar-refractivity contribution in [2.75, 3.05) is 5.73 Å². The molecule has 0 aromatic carbocycles. The number of hydrogen-bond acceptors (Lipinski definition) is 5. The Morgan fingerprint density at radius 1 is 1.50 bits per heavy atom. The Hall–Kier alpha value is -0.700. The first-order chi connectivity index (χ1) is 5.70. The maximum absolute atomic E-state index is 5.73. The van der Waals surface area contributed by atoms with Gasteiger partial charge < -0.3 is 5.73 Å². The Morgan fingerprint density at radius 3 is 3.00 bits per heavy atom. The summed E-state index contributed by atoms with van der Waals surface area (Å²) in [7, 11) is 0. The zero-order valence-electron chi connectivity index (χ0n) is 5.57. The van der Waals surface area contributed by atoms with E-state index in [9.17, 15) is 0 Å². The van der Waals surface area contributed by atoms with Crippen LogP contribution in [-0.2, 0) is 0 Å². The zero-order valence-corrected chi connectivity index (χ0v) is 8.48. The molecule has 62 valence electrons. The molecule has 0 aliphatic carbocycles. The van der Waals surface area contributed by atoms with E-state index in [4.69, 9.17) is 17.3 Å². The van der Waals surface area contributed by atoms with Crippen LogP contribution in [-0.4, -0.2) is 25.0 Å². The first-order valence-corrected chi connectivity index (χ1v) is 4.34. The van der Waals surface area contributed by atoms with Crippen LogP contribution in [0.5, 0.6) is 0 Å². The second-order valence-electron chi connectivity index (χ2n) is 1.99. The van der Waals surface area contributed by atoms with Gasteiger partial charge >= 0.3 is 0 Å². The molecule has 0 aliphatic rings. The summed E-state index contributed by atoms with van der Waals surface area (Å²) >= 11 is 7.72. The molecule has 0 saturated heterocycles. The van der Waals surface area contributed by atoms with Gasteiger partial charge in [0.15, 0.2) is 11.0 Å². The third-order valence-electron chi connectivity index (χ3n) is 1.27. The molecular weight excluding hydrogens is 294 g/mol. The van der Waals surface area contributed by atoms with Crippen LogP contribution in [0.15, 0.2) is 0 Å². The number of tetrazole rings is 1. The van der Waals surface area contributed by atoms with E-state index in [1.807, 2.05) is 22.6 Å². The van der Waals surface area contributed by atoms with Crippen molar-refractivity contribution >= 4 is 45.7 Å². The van der Waals surface area contributed by atoms with E-state index in [0.29, 0.717) is 14.5 Å². The van der Waals surface area contributed by atoms with E-state index in [2.05, 4.69) is 20.5 Å². The fraction of sp³-hybridized carbons (Fsp3) is 0. The molecular formula is C4H2ClIN6. The predicted molar refractivity (Wildman–Crippen MR) is 50.7 cm³/mol. The van der Waals surface area contributed by atoms with Crippen molar-refractivity contribution in [1.29, 1.82) is 0 Å². The summed E-state index contributed by atoms with van der Waals surface area (Å²) in [4.78, 5) is 3.85. The Bertz CT molecular complexity index is 438. The molecule has 2 N–H and O–H groups in total. The Balaban J connectivity index is 2.97. The number of fused-ring (bicyclic) bond motifs is 1. The summed E-state index contributed by atoms with van der Waals surface area (Å²) in [5, 5.41) is 11.1. The second-order valence-corrected chi connectivity index (χ2v) is 3.37. The smallest absolute Gasteiger partial charge is 0.222 e. The van der Waals surface area contributed by atoms with Gasteiger partial charge in [0.25, 0.3) is 0 Å². The van der Waals surface area contributed by atoms with Gasteiger partial charge in [0.1, 0.15) is 3.70 Å². The number of nitrogens with zero attached hydrogens (tertiary/aromatic N) is 5. The van der Waals surface area contributed by atoms with Crippen LogP contribution in [0.25, 0.3) is 5.65 Å². The van der Waals surface area contributed by atoms with Gasteiger partial charge in [0.05, 0.1) is 0 Å². The lowest BCUT2D eigenvalue weighted by Gasteiger charge is -1.98. The maximum Gasteiger partial charge on any atom is 0.222 e. The maximum atomic E-state index is 5.73. The predicted octanol–water partition coefficient (Wildman–Crippen LogP) is 0.359. The van der Waals surface area contributed by atoms with E-state index < -0.39 is 0 Å². The normalized spacial score (nSPS) is 10.8. The molecule has 6 nitrogen and oxygen atoms in total. The Kier molecular flexibility index (Phi) is 1.76. The minimum atomic E-state index is 0.227. The van der Waals surface area contributed by atoms with Gasteiger partial charge in [-0.05, 0) is 33.0 Å². The fourth-order valence-corrected chi connectivity index (χ4v) is 1.39. The van der Waals surface area contributed by atoms with Gasteiger partial charge in [-0.25, -0.2) is 4.98 Å². The molecule has 12 heavy (non-hydrogen) atoms. The minimum Gasteiger partial charge on any atom is -0.380 e. The molecule has 0 bridgehead atoms. The van der Waals surface area contributed by atoms with Crippen molar-refractivity contribution < 1.29 is 0 Å². The highest BCUT2D eigenvalue weighted by atomic mass is 127. The summed E-state index contributed by atoms with van der Waals surface area (Å²) in [6.45, 7) is 0. The van der Waals surface area contributed by atoms with Crippen LogP contribution in [0.3, 0.4) is 0 Å².